The fourth-order valence-corrected chi connectivity index (χ4v) is 22.6. The largest absolute Gasteiger partial charge is 0.333 e. The molecule has 2 unspecified atom stereocenters. The monoisotopic (exact) mass is 1760 g/mol. The number of fused-ring (bicyclic) bond motifs is 24. The van der Waals surface area contributed by atoms with E-state index in [0.29, 0.717) is 93.3 Å². The second-order valence-corrected chi connectivity index (χ2v) is 38.1. The van der Waals surface area contributed by atoms with E-state index in [1.807, 2.05) is 256 Å². The molecule has 2 atom stereocenters. The number of hydrogen-bond donors (Lipinski definition) is 0. The van der Waals surface area contributed by atoms with Gasteiger partial charge in [-0.2, -0.15) is 0 Å². The molecule has 0 fully saturated rings. The number of anilines is 8. The molecule has 27 rings (SSSR count). The van der Waals surface area contributed by atoms with Crippen LogP contribution in [0.3, 0.4) is 0 Å². The molecule has 5 aromatic heterocycles. The minimum atomic E-state index is -1.62. The highest BCUT2D eigenvalue weighted by Gasteiger charge is 2.50. The fourth-order valence-electron chi connectivity index (χ4n) is 22.6. The van der Waals surface area contributed by atoms with Crippen LogP contribution in [0.5, 0.6) is 0 Å². The minimum Gasteiger partial charge on any atom is -0.333 e. The van der Waals surface area contributed by atoms with Gasteiger partial charge in [0.2, 0.25) is 0 Å². The molecular weight excluding hydrogens is 1630 g/mol. The summed E-state index contributed by atoms with van der Waals surface area (Å²) in [6.45, 7) is 20.4. The lowest BCUT2D eigenvalue weighted by molar-refractivity contribution is 0.590. The summed E-state index contributed by atoms with van der Waals surface area (Å²) in [5, 5.41) is 4.53. The van der Waals surface area contributed by atoms with Crippen molar-refractivity contribution in [2.24, 2.45) is 0 Å². The normalized spacial score (nSPS) is 18.0. The van der Waals surface area contributed by atoms with E-state index in [1.165, 1.54) is 0 Å². The quantitative estimate of drug-likeness (QED) is 0.128. The molecule has 23 aromatic rings. The third kappa shape index (κ3) is 11.3. The molecule has 4 aliphatic rings. The topological polar surface area (TPSA) is 28.9 Å². The zero-order chi connectivity index (χ0) is 116. The average molecular weight is 1760 g/mol. The van der Waals surface area contributed by atoms with Crippen LogP contribution in [0, 0.1) is 34.6 Å². The third-order valence-corrected chi connectivity index (χ3v) is 29.1. The molecule has 0 radical (unpaired) electrons. The summed E-state index contributed by atoms with van der Waals surface area (Å²) in [6, 6.07) is 42.9. The second kappa shape index (κ2) is 29.1. The lowest BCUT2D eigenvalue weighted by atomic mass is 9.33. The lowest BCUT2D eigenvalue weighted by Crippen LogP contribution is -2.61. The second-order valence-electron chi connectivity index (χ2n) is 38.1. The zero-order valence-electron chi connectivity index (χ0n) is 104. The van der Waals surface area contributed by atoms with Crippen molar-refractivity contribution in [3.05, 3.63) is 426 Å². The molecule has 8 heterocycles. The maximum atomic E-state index is 11.3. The molecule has 0 amide bonds. The summed E-state index contributed by atoms with van der Waals surface area (Å²) in [5.41, 5.74) is 7.55. The highest BCUT2D eigenvalue weighted by molar-refractivity contribution is 7.01. The van der Waals surface area contributed by atoms with Crippen molar-refractivity contribution < 1.29 is 39.8 Å². The Morgan fingerprint density at radius 2 is 0.711 bits per heavy atom. The average Bonchev–Trinajstić information content (AvgIpc) is 1.45. The van der Waals surface area contributed by atoms with E-state index < -0.39 is 204 Å². The smallest absolute Gasteiger partial charge is 0.252 e. The summed E-state index contributed by atoms with van der Waals surface area (Å²) in [7, 11) is 0. The number of benzene rings is 18. The fraction of sp³-hybridized carbons (Fsp3) is 0.118. The molecule has 1 aliphatic carbocycles. The summed E-state index contributed by atoms with van der Waals surface area (Å²) in [6.07, 6.45) is 0. The summed E-state index contributed by atoms with van der Waals surface area (Å²) in [5.74, 6) is -1.55. The first-order chi connectivity index (χ1) is 78.0. The van der Waals surface area contributed by atoms with E-state index in [-0.39, 0.29) is 130 Å². The van der Waals surface area contributed by atoms with Crippen molar-refractivity contribution in [2.75, 3.05) is 14.7 Å². The molecule has 0 N–H and O–H groups in total. The van der Waals surface area contributed by atoms with E-state index in [0.717, 1.165) is 49.4 Å². The van der Waals surface area contributed by atoms with Crippen molar-refractivity contribution in [3.8, 4) is 61.6 Å². The van der Waals surface area contributed by atoms with E-state index in [4.69, 9.17) is 0 Å². The minimum absolute atomic E-state index is 0.0390. The van der Waals surface area contributed by atoms with Crippen molar-refractivity contribution in [3.63, 3.8) is 0 Å². The molecule has 0 saturated carbocycles. The van der Waals surface area contributed by atoms with Crippen LogP contribution in [0.15, 0.2) is 382 Å². The highest BCUT2D eigenvalue weighted by atomic mass is 15.2. The highest BCUT2D eigenvalue weighted by Crippen LogP contribution is 2.62. The Morgan fingerprint density at radius 3 is 1.21 bits per heavy atom. The molecule has 3 aliphatic heterocycles. The number of rotatable bonds is 10. The number of hydrogen-bond acceptors (Lipinski definition) is 3. The molecule has 0 spiro atoms. The molecule has 135 heavy (non-hydrogen) atoms. The van der Waals surface area contributed by atoms with Crippen LogP contribution in [0.4, 0.5) is 45.5 Å². The van der Waals surface area contributed by atoms with Crippen LogP contribution in [-0.4, -0.2) is 30.9 Å². The number of nitrogens with zero attached hydrogens (tertiary/aromatic N) is 7. The van der Waals surface area contributed by atoms with Crippen molar-refractivity contribution in [1.29, 1.82) is 0 Å². The number of para-hydroxylation sites is 7. The van der Waals surface area contributed by atoms with Crippen LogP contribution in [-0.2, 0) is 10.8 Å². The van der Waals surface area contributed by atoms with Gasteiger partial charge in [-0.05, 0) is 244 Å². The van der Waals surface area contributed by atoms with Gasteiger partial charge < -0.3 is 32.8 Å². The molecular formula is C127H98BN7. The lowest BCUT2D eigenvalue weighted by Gasteiger charge is -2.47. The van der Waals surface area contributed by atoms with Gasteiger partial charge in [-0.3, -0.25) is 0 Å². The third-order valence-electron chi connectivity index (χ3n) is 29.1. The van der Waals surface area contributed by atoms with Gasteiger partial charge >= 0.3 is 0 Å². The predicted molar refractivity (Wildman–Crippen MR) is 574 cm³/mol. The number of aromatic nitrogens is 4. The van der Waals surface area contributed by atoms with Crippen molar-refractivity contribution in [1.82, 2.24) is 18.1 Å². The molecule has 18 aromatic carbocycles. The van der Waals surface area contributed by atoms with E-state index in [1.54, 1.807) is 48.9 Å². The Hall–Kier alpha value is -15.9. The maximum absolute atomic E-state index is 11.3. The first-order valence-corrected chi connectivity index (χ1v) is 45.5. The molecule has 7 nitrogen and oxygen atoms in total. The SMILES string of the molecule is [2H]C1=C([2H])C2c3c([2H])c([2H])c(-n4c5ccccc5c5ccccc54)c([2H])c3N(c3ccc4c(c3)N(c3c(-c5c([2H])c([2H])c([2H])c([2H])c5[2H])cc(C(C)(C)C)cc3-c3c([2H])c([2H])c([2H])c([2H])c3[2H])c3c5c(c6c7ccccc7n7c8ccccc8c3c67)N(c3c(-c6c([2H])c([2H])c([2H])c([2H])c6[2H])cc(C(C)(C)C)cc3-c3c(C)c(C)c(C)c(C)c3C)c3cc(-n6c7c([2H])c([2H])c([2H])c([2H])c7c7c([2H])c([2H])c(-n8c9ccccc9c9ccccc98)c([2H])c76)ccc3B45)C2C([2H])=C1[2H]. The van der Waals surface area contributed by atoms with Gasteiger partial charge in [0.05, 0.1) is 118 Å². The zero-order valence-corrected chi connectivity index (χ0v) is 75.5. The van der Waals surface area contributed by atoms with E-state index in [2.05, 4.69) is 10.5 Å². The Labute approximate surface area is 827 Å². The summed E-state index contributed by atoms with van der Waals surface area (Å²) < 4.78 is 306. The van der Waals surface area contributed by atoms with Gasteiger partial charge in [0, 0.05) is 122 Å². The van der Waals surface area contributed by atoms with Gasteiger partial charge in [-0.15, -0.1) is 0 Å². The van der Waals surface area contributed by atoms with Gasteiger partial charge in [-0.25, -0.2) is 0 Å². The Kier molecular flexibility index (Phi) is 11.8. The predicted octanol–water partition coefficient (Wildman–Crippen LogP) is 31.7. The first-order valence-electron chi connectivity index (χ1n) is 60.0. The van der Waals surface area contributed by atoms with E-state index in [9.17, 15) is 39.8 Å². The van der Waals surface area contributed by atoms with Crippen molar-refractivity contribution in [2.45, 2.75) is 99.0 Å². The number of allylic oxidation sites excluding steroid dienone is 2. The van der Waals surface area contributed by atoms with Crippen LogP contribution in [0.2, 0.25) is 0 Å². The van der Waals surface area contributed by atoms with Crippen molar-refractivity contribution >= 4 is 172 Å². The van der Waals surface area contributed by atoms with Crippen LogP contribution < -0.4 is 31.1 Å². The maximum Gasteiger partial charge on any atom is 0.252 e. The Bertz CT molecular complexity index is 10600. The van der Waals surface area contributed by atoms with Gasteiger partial charge in [-0.1, -0.05) is 308 Å². The molecule has 8 heteroatoms. The first kappa shape index (κ1) is 54.8. The van der Waals surface area contributed by atoms with Crippen LogP contribution in [0.1, 0.15) is 132 Å². The Morgan fingerprint density at radius 1 is 0.311 bits per heavy atom. The standard InChI is InChI=1S/C127H98BN7/c1-75-76(2)78(4)117(79(5)77(75)3)102-70-84(127(9,10)11)69-101(82-41-19-14-20-42-82)122(102)135-116-74-88(132-110-56-34-26-48-94(110)96-64-60-86(72-114(96)132)130-107-53-31-23-45-91(107)92-46-24-32-54-108(92)130)62-66-104(116)128-103-65-61-87(131-109-55-33-25-47-93(109)95-63-59-85(71-113(95)131)129-105-51-29-21-43-89(105)90-44-22-30-52-106(90)129)73-115(103)134(121-99(80-37-15-12-16-38-80)67-83(126(6,7)8)68-100(121)81-39-17-13-18-40-81)124-118-97-49-27-35-57-111(97)133-112-58-36-28-50-98(112)119(123(118)133)125(135)120(124)128/h12-74,93,109H,1-11H3/i12D,13D,14D,15D,16D,17D,18D,19D,20D,25D,26D,33D,34D,37D,38D,39D,40D,41D,42D,47D,48D,55D,56D,59D,60D,63D,64D,71D,72D. The molecule has 0 bridgehead atoms. The Balaban J connectivity index is 0.916. The van der Waals surface area contributed by atoms with Gasteiger partial charge in [0.1, 0.15) is 0 Å². The van der Waals surface area contributed by atoms with Crippen LogP contribution >= 0.6 is 0 Å². The van der Waals surface area contributed by atoms with Gasteiger partial charge in [0.25, 0.3) is 6.71 Å². The summed E-state index contributed by atoms with van der Waals surface area (Å²) in [4.78, 5) is 5.48. The van der Waals surface area contributed by atoms with Gasteiger partial charge in [0.15, 0.2) is 0 Å². The molecule has 644 valence electrons. The van der Waals surface area contributed by atoms with Crippen LogP contribution in [0.25, 0.3) is 165 Å². The van der Waals surface area contributed by atoms with E-state index >= 15 is 0 Å². The molecule has 0 saturated heterocycles. The summed E-state index contributed by atoms with van der Waals surface area (Å²) >= 11 is 0.